The average Bonchev–Trinajstić information content (AvgIpc) is 2.31. The lowest BCUT2D eigenvalue weighted by molar-refractivity contribution is -0.724. The first-order valence-corrected chi connectivity index (χ1v) is 2.89. The summed E-state index contributed by atoms with van der Waals surface area (Å²) in [7, 11) is 0. The maximum absolute atomic E-state index is 10.2. The van der Waals surface area contributed by atoms with Gasteiger partial charge >= 0.3 is 6.29 Å². The first-order chi connectivity index (χ1) is 5.52. The number of aliphatic imine (C=N–C) groups is 1. The molecule has 1 heterocycles. The van der Waals surface area contributed by atoms with E-state index >= 15 is 0 Å². The Bertz CT molecular complexity index is 261. The van der Waals surface area contributed by atoms with Crippen LogP contribution in [0.5, 0.6) is 0 Å². The number of amidine groups is 1. The minimum Gasteiger partial charge on any atom is -0.385 e. The van der Waals surface area contributed by atoms with Crippen LogP contribution in [-0.2, 0) is 0 Å². The Labute approximate surface area is 65.7 Å². The predicted octanol–water partition coefficient (Wildman–Crippen LogP) is -1.59. The van der Waals surface area contributed by atoms with Gasteiger partial charge in [-0.25, -0.2) is 10.1 Å². The van der Waals surface area contributed by atoms with Crippen molar-refractivity contribution < 1.29 is 9.96 Å². The Morgan fingerprint density at radius 1 is 1.58 bits per heavy atom. The molecule has 0 saturated heterocycles. The third kappa shape index (κ3) is 1.24. The number of nitro groups is 2. The minimum atomic E-state index is -1.68. The Morgan fingerprint density at radius 3 is 2.50 bits per heavy atom. The maximum atomic E-state index is 10.2. The van der Waals surface area contributed by atoms with E-state index in [0.717, 1.165) is 0 Å². The van der Waals surface area contributed by atoms with E-state index < -0.39 is 16.2 Å². The van der Waals surface area contributed by atoms with Crippen LogP contribution in [0.1, 0.15) is 0 Å². The fraction of sp³-hybridized carbons (Fsp3) is 0.667. The van der Waals surface area contributed by atoms with Crippen LogP contribution in [0.4, 0.5) is 0 Å². The summed E-state index contributed by atoms with van der Waals surface area (Å²) in [5.74, 6) is -0.103. The van der Waals surface area contributed by atoms with Crippen molar-refractivity contribution in [2.24, 2.45) is 10.7 Å². The van der Waals surface area contributed by atoms with Gasteiger partial charge in [0.15, 0.2) is 5.03 Å². The van der Waals surface area contributed by atoms with Crippen LogP contribution in [0.2, 0.25) is 0 Å². The minimum absolute atomic E-state index is 0.103. The first kappa shape index (κ1) is 8.17. The molecule has 0 radical (unpaired) electrons. The summed E-state index contributed by atoms with van der Waals surface area (Å²) in [6.45, 7) is -0.307. The third-order valence-corrected chi connectivity index (χ3v) is 1.27. The van der Waals surface area contributed by atoms with Gasteiger partial charge in [-0.15, -0.1) is 0 Å². The maximum Gasteiger partial charge on any atom is 0.435 e. The highest BCUT2D eigenvalue weighted by Crippen LogP contribution is 2.08. The van der Waals surface area contributed by atoms with Crippen LogP contribution in [0.3, 0.4) is 0 Å². The molecule has 1 aliphatic rings. The monoisotopic (exact) mass is 175 g/mol. The van der Waals surface area contributed by atoms with Gasteiger partial charge in [-0.2, -0.15) is 4.99 Å². The van der Waals surface area contributed by atoms with Gasteiger partial charge in [0.1, 0.15) is 12.4 Å². The first-order valence-electron chi connectivity index (χ1n) is 2.89. The molecule has 0 aromatic rings. The molecule has 0 aromatic carbocycles. The van der Waals surface area contributed by atoms with Crippen molar-refractivity contribution in [3.63, 3.8) is 0 Å². The summed E-state index contributed by atoms with van der Waals surface area (Å²) >= 11 is 0. The molecule has 12 heavy (non-hydrogen) atoms. The second-order valence-corrected chi connectivity index (χ2v) is 2.09. The predicted molar refractivity (Wildman–Crippen MR) is 36.1 cm³/mol. The highest BCUT2D eigenvalue weighted by atomic mass is 16.7. The van der Waals surface area contributed by atoms with Gasteiger partial charge in [0.05, 0.1) is 4.92 Å². The van der Waals surface area contributed by atoms with Crippen molar-refractivity contribution in [2.75, 3.05) is 6.54 Å². The van der Waals surface area contributed by atoms with Crippen LogP contribution in [0, 0.1) is 20.2 Å². The van der Waals surface area contributed by atoms with Crippen molar-refractivity contribution in [1.29, 1.82) is 0 Å². The van der Waals surface area contributed by atoms with Crippen LogP contribution in [-0.4, -0.2) is 33.6 Å². The molecule has 66 valence electrons. The van der Waals surface area contributed by atoms with E-state index in [4.69, 9.17) is 5.73 Å². The molecular weight excluding hydrogens is 170 g/mol. The van der Waals surface area contributed by atoms with Gasteiger partial charge in [0, 0.05) is 0 Å². The van der Waals surface area contributed by atoms with Crippen molar-refractivity contribution in [2.45, 2.75) is 6.29 Å². The smallest absolute Gasteiger partial charge is 0.385 e. The van der Waals surface area contributed by atoms with Crippen molar-refractivity contribution >= 4 is 5.84 Å². The number of rotatable bonds is 2. The quantitative estimate of drug-likeness (QED) is 0.398. The fourth-order valence-corrected chi connectivity index (χ4v) is 0.801. The molecule has 0 spiro atoms. The zero-order valence-electron chi connectivity index (χ0n) is 5.78. The van der Waals surface area contributed by atoms with E-state index in [9.17, 15) is 20.2 Å². The van der Waals surface area contributed by atoms with Gasteiger partial charge in [-0.1, -0.05) is 0 Å². The number of hydrogen-bond donors (Lipinski definition) is 1. The molecule has 1 unspecified atom stereocenters. The SMILES string of the molecule is NC1=NC([N+](=O)[O-])N([N+](=O)[O-])C1. The van der Waals surface area contributed by atoms with Crippen molar-refractivity contribution in [3.05, 3.63) is 20.2 Å². The van der Waals surface area contributed by atoms with Gasteiger partial charge < -0.3 is 5.73 Å². The molecule has 9 heteroatoms. The Morgan fingerprint density at radius 2 is 2.17 bits per heavy atom. The molecule has 2 N–H and O–H groups in total. The lowest BCUT2D eigenvalue weighted by atomic mass is 10.6. The van der Waals surface area contributed by atoms with E-state index in [1.165, 1.54) is 0 Å². The molecule has 1 atom stereocenters. The van der Waals surface area contributed by atoms with Crippen LogP contribution in [0.25, 0.3) is 0 Å². The average molecular weight is 175 g/mol. The number of nitrogens with zero attached hydrogens (tertiary/aromatic N) is 4. The zero-order chi connectivity index (χ0) is 9.30. The fourth-order valence-electron chi connectivity index (χ4n) is 0.801. The molecule has 1 rings (SSSR count). The lowest BCUT2D eigenvalue weighted by Crippen LogP contribution is -2.41. The standard InChI is InChI=1S/C3H5N5O4/c4-2-1-6(8(11)12)3(5-2)7(9)10/h3H,1H2,(H2,4,5). The third-order valence-electron chi connectivity index (χ3n) is 1.27. The second-order valence-electron chi connectivity index (χ2n) is 2.09. The molecule has 1 aliphatic heterocycles. The van der Waals surface area contributed by atoms with E-state index in [-0.39, 0.29) is 12.4 Å². The zero-order valence-corrected chi connectivity index (χ0v) is 5.78. The van der Waals surface area contributed by atoms with Gasteiger partial charge in [0.2, 0.25) is 0 Å². The van der Waals surface area contributed by atoms with Crippen LogP contribution in [0.15, 0.2) is 4.99 Å². The van der Waals surface area contributed by atoms with E-state index in [1.807, 2.05) is 0 Å². The highest BCUT2D eigenvalue weighted by molar-refractivity contribution is 5.83. The molecule has 9 nitrogen and oxygen atoms in total. The lowest BCUT2D eigenvalue weighted by Gasteiger charge is -2.06. The molecule has 0 fully saturated rings. The summed E-state index contributed by atoms with van der Waals surface area (Å²) in [6.07, 6.45) is -1.68. The van der Waals surface area contributed by atoms with E-state index in [1.54, 1.807) is 0 Å². The van der Waals surface area contributed by atoms with Crippen LogP contribution < -0.4 is 5.73 Å². The largest absolute Gasteiger partial charge is 0.435 e. The van der Waals surface area contributed by atoms with E-state index in [2.05, 4.69) is 4.99 Å². The summed E-state index contributed by atoms with van der Waals surface area (Å²) in [5.41, 5.74) is 5.09. The Kier molecular flexibility index (Phi) is 1.77. The molecule has 0 aromatic heterocycles. The number of hydrazine groups is 1. The highest BCUT2D eigenvalue weighted by Gasteiger charge is 2.41. The van der Waals surface area contributed by atoms with Gasteiger partial charge in [-0.3, -0.25) is 10.1 Å². The Balaban J connectivity index is 2.81. The summed E-state index contributed by atoms with van der Waals surface area (Å²) in [6, 6.07) is 0. The molecule has 0 amide bonds. The summed E-state index contributed by atoms with van der Waals surface area (Å²) in [5, 5.41) is 19.8. The number of hydrogen-bond acceptors (Lipinski definition) is 6. The van der Waals surface area contributed by atoms with Crippen molar-refractivity contribution in [1.82, 2.24) is 5.01 Å². The summed E-state index contributed by atoms with van der Waals surface area (Å²) < 4.78 is 0. The second kappa shape index (κ2) is 2.60. The van der Waals surface area contributed by atoms with Crippen molar-refractivity contribution in [3.8, 4) is 0 Å². The molecule has 0 saturated carbocycles. The molecule has 0 aliphatic carbocycles. The van der Waals surface area contributed by atoms with Gasteiger partial charge in [-0.05, 0) is 5.01 Å². The van der Waals surface area contributed by atoms with Crippen LogP contribution >= 0.6 is 0 Å². The normalized spacial score (nSPS) is 22.2. The topological polar surface area (TPSA) is 128 Å². The Hall–Kier alpha value is -1.93. The number of nitrogens with two attached hydrogens (primary N) is 1. The summed E-state index contributed by atoms with van der Waals surface area (Å²) in [4.78, 5) is 22.7. The van der Waals surface area contributed by atoms with E-state index in [0.29, 0.717) is 5.01 Å². The molecule has 0 bridgehead atoms. The molecular formula is C3H5N5O4. The van der Waals surface area contributed by atoms with Gasteiger partial charge in [0.25, 0.3) is 0 Å².